The van der Waals surface area contributed by atoms with Crippen LogP contribution in [0.1, 0.15) is 11.4 Å². The number of hydrogen-bond acceptors (Lipinski definition) is 1. The van der Waals surface area contributed by atoms with Crippen LogP contribution in [-0.4, -0.2) is 9.55 Å². The third-order valence-corrected chi connectivity index (χ3v) is 3.94. The molecule has 3 rings (SSSR count). The zero-order chi connectivity index (χ0) is 14.8. The van der Waals surface area contributed by atoms with Gasteiger partial charge in [0.25, 0.3) is 0 Å². The summed E-state index contributed by atoms with van der Waals surface area (Å²) in [6, 6.07) is 12.3. The van der Waals surface area contributed by atoms with Gasteiger partial charge in [0.2, 0.25) is 0 Å². The second kappa shape index (κ2) is 6.04. The number of hydrogen-bond donors (Lipinski definition) is 0. The van der Waals surface area contributed by atoms with Gasteiger partial charge < -0.3 is 4.57 Å². The Bertz CT molecular complexity index is 766. The second-order valence-electron chi connectivity index (χ2n) is 4.82. The summed E-state index contributed by atoms with van der Waals surface area (Å²) >= 11 is 11.8. The van der Waals surface area contributed by atoms with Crippen LogP contribution in [0, 0.1) is 5.82 Å². The fourth-order valence-electron chi connectivity index (χ4n) is 2.39. The van der Waals surface area contributed by atoms with E-state index < -0.39 is 0 Å². The first kappa shape index (κ1) is 14.4. The van der Waals surface area contributed by atoms with Crippen LogP contribution in [0.25, 0.3) is 11.0 Å². The minimum absolute atomic E-state index is 0.267. The maximum Gasteiger partial charge on any atom is 0.125 e. The minimum Gasteiger partial charge on any atom is -0.327 e. The van der Waals surface area contributed by atoms with Gasteiger partial charge in [-0.05, 0) is 42.3 Å². The molecule has 1 heterocycles. The quantitative estimate of drug-likeness (QED) is 0.630. The number of rotatable bonds is 4. The number of benzene rings is 2. The van der Waals surface area contributed by atoms with Crippen molar-refractivity contribution in [1.29, 1.82) is 0 Å². The molecule has 0 unspecified atom stereocenters. The number of aromatic nitrogens is 2. The standard InChI is InChI=1S/C16H13Cl2FN2/c17-10-16-20-14-6-5-13(19)9-15(14)21(16)8-7-11-1-3-12(18)4-2-11/h1-6,9H,7-8,10H2. The van der Waals surface area contributed by atoms with Gasteiger partial charge in [0, 0.05) is 11.6 Å². The van der Waals surface area contributed by atoms with Gasteiger partial charge in [-0.15, -0.1) is 11.6 Å². The maximum atomic E-state index is 13.4. The third-order valence-electron chi connectivity index (χ3n) is 3.45. The van der Waals surface area contributed by atoms with E-state index in [1.165, 1.54) is 12.1 Å². The van der Waals surface area contributed by atoms with E-state index in [1.807, 2.05) is 28.8 Å². The van der Waals surface area contributed by atoms with E-state index in [9.17, 15) is 4.39 Å². The molecule has 0 radical (unpaired) electrons. The number of halogens is 3. The van der Waals surface area contributed by atoms with E-state index in [-0.39, 0.29) is 5.82 Å². The zero-order valence-corrected chi connectivity index (χ0v) is 12.7. The summed E-state index contributed by atoms with van der Waals surface area (Å²) in [5.74, 6) is 0.791. The summed E-state index contributed by atoms with van der Waals surface area (Å²) in [6.45, 7) is 0.698. The molecule has 1 aromatic heterocycles. The number of imidazole rings is 1. The van der Waals surface area contributed by atoms with Crippen molar-refractivity contribution in [3.05, 3.63) is 64.7 Å². The summed E-state index contributed by atoms with van der Waals surface area (Å²) in [4.78, 5) is 4.44. The van der Waals surface area contributed by atoms with Crippen molar-refractivity contribution in [3.63, 3.8) is 0 Å². The molecular weight excluding hydrogens is 310 g/mol. The van der Waals surface area contributed by atoms with Gasteiger partial charge in [0.1, 0.15) is 11.6 Å². The third kappa shape index (κ3) is 3.04. The van der Waals surface area contributed by atoms with Crippen molar-refractivity contribution in [2.45, 2.75) is 18.8 Å². The molecule has 0 fully saturated rings. The molecule has 2 aromatic carbocycles. The molecule has 0 aliphatic rings. The predicted molar refractivity (Wildman–Crippen MR) is 84.4 cm³/mol. The normalized spacial score (nSPS) is 11.2. The van der Waals surface area contributed by atoms with Gasteiger partial charge >= 0.3 is 0 Å². The van der Waals surface area contributed by atoms with E-state index >= 15 is 0 Å². The van der Waals surface area contributed by atoms with Gasteiger partial charge in [-0.1, -0.05) is 23.7 Å². The molecule has 21 heavy (non-hydrogen) atoms. The maximum absolute atomic E-state index is 13.4. The predicted octanol–water partition coefficient (Wildman–Crippen LogP) is 4.81. The Morgan fingerprint density at radius 3 is 2.57 bits per heavy atom. The number of fused-ring (bicyclic) bond motifs is 1. The lowest BCUT2D eigenvalue weighted by Crippen LogP contribution is -2.05. The summed E-state index contributed by atoms with van der Waals surface area (Å²) < 4.78 is 15.4. The summed E-state index contributed by atoms with van der Waals surface area (Å²) in [5.41, 5.74) is 2.71. The summed E-state index contributed by atoms with van der Waals surface area (Å²) in [6.07, 6.45) is 0.809. The van der Waals surface area contributed by atoms with E-state index in [1.54, 1.807) is 6.07 Å². The van der Waals surface area contributed by atoms with E-state index in [0.717, 1.165) is 33.9 Å². The van der Waals surface area contributed by atoms with E-state index in [0.29, 0.717) is 12.4 Å². The fourth-order valence-corrected chi connectivity index (χ4v) is 2.72. The number of aryl methyl sites for hydroxylation is 2. The van der Waals surface area contributed by atoms with Crippen molar-refractivity contribution in [2.75, 3.05) is 0 Å². The average Bonchev–Trinajstić information content (AvgIpc) is 2.84. The monoisotopic (exact) mass is 322 g/mol. The molecule has 0 bridgehead atoms. The molecule has 2 nitrogen and oxygen atoms in total. The highest BCUT2D eigenvalue weighted by Crippen LogP contribution is 2.20. The van der Waals surface area contributed by atoms with Crippen LogP contribution in [0.5, 0.6) is 0 Å². The molecule has 0 atom stereocenters. The van der Waals surface area contributed by atoms with Gasteiger partial charge in [-0.3, -0.25) is 0 Å². The highest BCUT2D eigenvalue weighted by molar-refractivity contribution is 6.30. The molecule has 0 amide bonds. The van der Waals surface area contributed by atoms with Gasteiger partial charge in [0.15, 0.2) is 0 Å². The first-order valence-corrected chi connectivity index (χ1v) is 7.53. The van der Waals surface area contributed by atoms with Crippen LogP contribution in [0.4, 0.5) is 4.39 Å². The largest absolute Gasteiger partial charge is 0.327 e. The Kier molecular flexibility index (Phi) is 4.13. The van der Waals surface area contributed by atoms with Crippen LogP contribution in [-0.2, 0) is 18.8 Å². The van der Waals surface area contributed by atoms with Crippen molar-refractivity contribution in [2.24, 2.45) is 0 Å². The Labute approximate surface area is 132 Å². The lowest BCUT2D eigenvalue weighted by molar-refractivity contribution is 0.626. The highest BCUT2D eigenvalue weighted by Gasteiger charge is 2.10. The summed E-state index contributed by atoms with van der Waals surface area (Å²) in [5, 5.41) is 0.718. The van der Waals surface area contributed by atoms with E-state index in [2.05, 4.69) is 4.98 Å². The van der Waals surface area contributed by atoms with Crippen molar-refractivity contribution >= 4 is 34.2 Å². The SMILES string of the molecule is Fc1ccc2nc(CCl)n(CCc3ccc(Cl)cc3)c2c1. The second-order valence-corrected chi connectivity index (χ2v) is 5.53. The molecule has 0 N–H and O–H groups in total. The number of nitrogens with zero attached hydrogens (tertiary/aromatic N) is 2. The van der Waals surface area contributed by atoms with Crippen LogP contribution in [0.15, 0.2) is 42.5 Å². The van der Waals surface area contributed by atoms with E-state index in [4.69, 9.17) is 23.2 Å². The minimum atomic E-state index is -0.267. The molecule has 3 aromatic rings. The highest BCUT2D eigenvalue weighted by atomic mass is 35.5. The molecular formula is C16H13Cl2FN2. The summed E-state index contributed by atoms with van der Waals surface area (Å²) in [7, 11) is 0. The van der Waals surface area contributed by atoms with Crippen molar-refractivity contribution < 1.29 is 4.39 Å². The molecule has 0 aliphatic carbocycles. The Balaban J connectivity index is 1.91. The van der Waals surface area contributed by atoms with Crippen LogP contribution < -0.4 is 0 Å². The lowest BCUT2D eigenvalue weighted by Gasteiger charge is -2.08. The fraction of sp³-hybridized carbons (Fsp3) is 0.188. The van der Waals surface area contributed by atoms with Crippen LogP contribution >= 0.6 is 23.2 Å². The Morgan fingerprint density at radius 1 is 1.10 bits per heavy atom. The van der Waals surface area contributed by atoms with Gasteiger partial charge in [-0.25, -0.2) is 9.37 Å². The Hall–Kier alpha value is -1.58. The number of alkyl halides is 1. The topological polar surface area (TPSA) is 17.8 Å². The first-order chi connectivity index (χ1) is 10.2. The molecule has 0 spiro atoms. The zero-order valence-electron chi connectivity index (χ0n) is 11.2. The Morgan fingerprint density at radius 2 is 1.86 bits per heavy atom. The van der Waals surface area contributed by atoms with Gasteiger partial charge in [0.05, 0.1) is 16.9 Å². The molecule has 0 aliphatic heterocycles. The van der Waals surface area contributed by atoms with Gasteiger partial charge in [-0.2, -0.15) is 0 Å². The molecule has 0 saturated heterocycles. The lowest BCUT2D eigenvalue weighted by atomic mass is 10.1. The van der Waals surface area contributed by atoms with Crippen LogP contribution in [0.3, 0.4) is 0 Å². The van der Waals surface area contributed by atoms with Crippen molar-refractivity contribution in [3.8, 4) is 0 Å². The molecule has 0 saturated carbocycles. The van der Waals surface area contributed by atoms with Crippen molar-refractivity contribution in [1.82, 2.24) is 9.55 Å². The van der Waals surface area contributed by atoms with Crippen LogP contribution in [0.2, 0.25) is 5.02 Å². The molecule has 108 valence electrons. The molecule has 5 heteroatoms. The average molecular weight is 323 g/mol. The smallest absolute Gasteiger partial charge is 0.125 e. The first-order valence-electron chi connectivity index (χ1n) is 6.62.